The predicted octanol–water partition coefficient (Wildman–Crippen LogP) is 2.83. The third-order valence-corrected chi connectivity index (χ3v) is 4.57. The van der Waals surface area contributed by atoms with Crippen molar-refractivity contribution in [1.29, 1.82) is 5.26 Å². The number of nitro benzene ring substituents is 1. The van der Waals surface area contributed by atoms with Gasteiger partial charge in [0.1, 0.15) is 5.69 Å². The van der Waals surface area contributed by atoms with Crippen LogP contribution in [-0.2, 0) is 6.42 Å². The average Bonchev–Trinajstić information content (AvgIpc) is 2.67. The maximum atomic E-state index is 11.3. The molecule has 25 heavy (non-hydrogen) atoms. The lowest BCUT2D eigenvalue weighted by molar-refractivity contribution is -0.384. The first-order chi connectivity index (χ1) is 12.2. The Morgan fingerprint density at radius 1 is 1.08 bits per heavy atom. The molecule has 0 radical (unpaired) electrons. The molecule has 2 aromatic carbocycles. The predicted molar refractivity (Wildman–Crippen MR) is 96.6 cm³/mol. The highest BCUT2D eigenvalue weighted by molar-refractivity contribution is 5.66. The van der Waals surface area contributed by atoms with Crippen LogP contribution in [0.1, 0.15) is 11.1 Å². The minimum atomic E-state index is -0.377. The minimum absolute atomic E-state index is 0.0664. The lowest BCUT2D eigenvalue weighted by Crippen LogP contribution is -2.47. The number of nitriles is 1. The van der Waals surface area contributed by atoms with E-state index < -0.39 is 0 Å². The zero-order chi connectivity index (χ0) is 17.6. The lowest BCUT2D eigenvalue weighted by atomic mass is 10.1. The van der Waals surface area contributed by atoms with Crippen LogP contribution in [0.25, 0.3) is 0 Å². The van der Waals surface area contributed by atoms with E-state index in [-0.39, 0.29) is 10.6 Å². The average molecular weight is 336 g/mol. The summed E-state index contributed by atoms with van der Waals surface area (Å²) in [5, 5.41) is 20.3. The number of benzene rings is 2. The van der Waals surface area contributed by atoms with Crippen molar-refractivity contribution < 1.29 is 4.92 Å². The fourth-order valence-corrected chi connectivity index (χ4v) is 3.14. The van der Waals surface area contributed by atoms with E-state index in [1.54, 1.807) is 6.07 Å². The molecule has 6 heteroatoms. The molecule has 0 N–H and O–H groups in total. The number of piperazine rings is 1. The molecule has 0 atom stereocenters. The maximum Gasteiger partial charge on any atom is 0.292 e. The molecule has 0 amide bonds. The van der Waals surface area contributed by atoms with Gasteiger partial charge in [-0.25, -0.2) is 0 Å². The first-order valence-electron chi connectivity index (χ1n) is 8.37. The molecule has 1 aliphatic heterocycles. The normalized spacial score (nSPS) is 14.9. The lowest BCUT2D eigenvalue weighted by Gasteiger charge is -2.35. The van der Waals surface area contributed by atoms with Crippen molar-refractivity contribution >= 4 is 11.4 Å². The van der Waals surface area contributed by atoms with Crippen LogP contribution in [0.5, 0.6) is 0 Å². The van der Waals surface area contributed by atoms with E-state index in [2.05, 4.69) is 35.2 Å². The van der Waals surface area contributed by atoms with Gasteiger partial charge in [-0.15, -0.1) is 0 Å². The van der Waals surface area contributed by atoms with E-state index in [1.165, 1.54) is 17.7 Å². The zero-order valence-corrected chi connectivity index (χ0v) is 14.0. The summed E-state index contributed by atoms with van der Waals surface area (Å²) < 4.78 is 0. The zero-order valence-electron chi connectivity index (χ0n) is 14.0. The van der Waals surface area contributed by atoms with Gasteiger partial charge in [-0.1, -0.05) is 30.3 Å². The molecule has 1 fully saturated rings. The van der Waals surface area contributed by atoms with Crippen LogP contribution >= 0.6 is 0 Å². The van der Waals surface area contributed by atoms with Crippen molar-refractivity contribution in [3.05, 3.63) is 69.8 Å². The molecule has 2 aromatic rings. The fraction of sp³-hybridized carbons (Fsp3) is 0.316. The molecule has 0 unspecified atom stereocenters. The van der Waals surface area contributed by atoms with Crippen molar-refractivity contribution in [1.82, 2.24) is 4.90 Å². The molecule has 1 heterocycles. The van der Waals surface area contributed by atoms with Crippen LogP contribution < -0.4 is 4.90 Å². The molecule has 0 aromatic heterocycles. The molecular weight excluding hydrogens is 316 g/mol. The second-order valence-electron chi connectivity index (χ2n) is 6.14. The summed E-state index contributed by atoms with van der Waals surface area (Å²) in [7, 11) is 0. The van der Waals surface area contributed by atoms with Crippen LogP contribution in [0.15, 0.2) is 48.5 Å². The molecule has 0 spiro atoms. The number of hydrogen-bond acceptors (Lipinski definition) is 5. The van der Waals surface area contributed by atoms with Crippen LogP contribution in [0, 0.1) is 21.4 Å². The highest BCUT2D eigenvalue weighted by atomic mass is 16.6. The number of hydrogen-bond donors (Lipinski definition) is 0. The van der Waals surface area contributed by atoms with Crippen molar-refractivity contribution in [2.75, 3.05) is 37.6 Å². The largest absolute Gasteiger partial charge is 0.363 e. The molecule has 0 saturated carbocycles. The Labute approximate surface area is 147 Å². The maximum absolute atomic E-state index is 11.3. The van der Waals surface area contributed by atoms with E-state index >= 15 is 0 Å². The Hall–Kier alpha value is -2.91. The van der Waals surface area contributed by atoms with Crippen LogP contribution in [-0.4, -0.2) is 42.5 Å². The fourth-order valence-electron chi connectivity index (χ4n) is 3.14. The Morgan fingerprint density at radius 2 is 1.80 bits per heavy atom. The Bertz CT molecular complexity index is 778. The molecule has 1 aliphatic rings. The van der Waals surface area contributed by atoms with Gasteiger partial charge in [0.2, 0.25) is 0 Å². The summed E-state index contributed by atoms with van der Waals surface area (Å²) in [5.41, 5.74) is 2.39. The highest BCUT2D eigenvalue weighted by Gasteiger charge is 2.24. The minimum Gasteiger partial charge on any atom is -0.363 e. The SMILES string of the molecule is N#Cc1ccc([N+](=O)[O-])c(N2CCN(CCc3ccccc3)CC2)c1. The number of nitro groups is 1. The van der Waals surface area contributed by atoms with Gasteiger partial charge in [0.15, 0.2) is 0 Å². The van der Waals surface area contributed by atoms with Crippen molar-refractivity contribution in [2.24, 2.45) is 0 Å². The first kappa shape index (κ1) is 16.9. The topological polar surface area (TPSA) is 73.4 Å². The number of rotatable bonds is 5. The summed E-state index contributed by atoms with van der Waals surface area (Å²) in [6.45, 7) is 4.16. The van der Waals surface area contributed by atoms with Crippen molar-refractivity contribution in [3.8, 4) is 6.07 Å². The monoisotopic (exact) mass is 336 g/mol. The standard InChI is InChI=1S/C19H20N4O2/c20-15-17-6-7-18(23(24)25)19(14-17)22-12-10-21(11-13-22)9-8-16-4-2-1-3-5-16/h1-7,14H,8-13H2. The molecule has 0 aliphatic carbocycles. The van der Waals surface area contributed by atoms with E-state index in [0.717, 1.165) is 39.1 Å². The summed E-state index contributed by atoms with van der Waals surface area (Å²) in [4.78, 5) is 15.3. The Kier molecular flexibility index (Phi) is 5.26. The van der Waals surface area contributed by atoms with E-state index in [4.69, 9.17) is 5.26 Å². The smallest absolute Gasteiger partial charge is 0.292 e. The van der Waals surface area contributed by atoms with E-state index in [1.807, 2.05) is 11.0 Å². The van der Waals surface area contributed by atoms with Gasteiger partial charge in [0.25, 0.3) is 5.69 Å². The van der Waals surface area contributed by atoms with Crippen molar-refractivity contribution in [3.63, 3.8) is 0 Å². The third kappa shape index (κ3) is 4.14. The van der Waals surface area contributed by atoms with Gasteiger partial charge in [-0.05, 0) is 24.1 Å². The molecule has 1 saturated heterocycles. The summed E-state index contributed by atoms with van der Waals surface area (Å²) in [6, 6.07) is 17.0. The van der Waals surface area contributed by atoms with Gasteiger partial charge in [0.05, 0.1) is 16.6 Å². The van der Waals surface area contributed by atoms with Gasteiger partial charge >= 0.3 is 0 Å². The molecule has 6 nitrogen and oxygen atoms in total. The first-order valence-corrected chi connectivity index (χ1v) is 8.37. The van der Waals surface area contributed by atoms with Gasteiger partial charge in [-0.3, -0.25) is 15.0 Å². The van der Waals surface area contributed by atoms with Crippen molar-refractivity contribution in [2.45, 2.75) is 6.42 Å². The third-order valence-electron chi connectivity index (χ3n) is 4.57. The van der Waals surface area contributed by atoms with Gasteiger partial charge in [-0.2, -0.15) is 5.26 Å². The molecular formula is C19H20N4O2. The highest BCUT2D eigenvalue weighted by Crippen LogP contribution is 2.30. The van der Waals surface area contributed by atoms with Crippen LogP contribution in [0.4, 0.5) is 11.4 Å². The quantitative estimate of drug-likeness (QED) is 0.620. The molecule has 128 valence electrons. The van der Waals surface area contributed by atoms with Gasteiger partial charge < -0.3 is 4.90 Å². The van der Waals surface area contributed by atoms with E-state index in [9.17, 15) is 10.1 Å². The number of anilines is 1. The summed E-state index contributed by atoms with van der Waals surface area (Å²) >= 11 is 0. The second-order valence-corrected chi connectivity index (χ2v) is 6.14. The van der Waals surface area contributed by atoms with Crippen LogP contribution in [0.2, 0.25) is 0 Å². The second kappa shape index (κ2) is 7.77. The van der Waals surface area contributed by atoms with Crippen LogP contribution in [0.3, 0.4) is 0 Å². The number of nitrogens with zero attached hydrogens (tertiary/aromatic N) is 4. The molecule has 3 rings (SSSR count). The Balaban J connectivity index is 1.62. The summed E-state index contributed by atoms with van der Waals surface area (Å²) in [6.07, 6.45) is 1.00. The van der Waals surface area contributed by atoms with E-state index in [0.29, 0.717) is 11.3 Å². The summed E-state index contributed by atoms with van der Waals surface area (Å²) in [5.74, 6) is 0. The van der Waals surface area contributed by atoms with Gasteiger partial charge in [0, 0.05) is 38.8 Å². The Morgan fingerprint density at radius 3 is 2.44 bits per heavy atom. The molecule has 0 bridgehead atoms.